The first kappa shape index (κ1) is 36.4. The molecular weight excluding hydrogens is 607 g/mol. The first-order valence-electron chi connectivity index (χ1n) is 15.0. The molecule has 0 spiro atoms. The molecule has 0 saturated carbocycles. The van der Waals surface area contributed by atoms with Crippen molar-refractivity contribution in [2.45, 2.75) is 83.8 Å². The summed E-state index contributed by atoms with van der Waals surface area (Å²) in [4.78, 5) is 46.8. The van der Waals surface area contributed by atoms with Gasteiger partial charge in [-0.15, -0.1) is 0 Å². The predicted molar refractivity (Wildman–Crippen MR) is 168 cm³/mol. The maximum Gasteiger partial charge on any atom is 0.418 e. The van der Waals surface area contributed by atoms with Crippen LogP contribution in [0.15, 0.2) is 36.4 Å². The number of carbonyl (C=O) groups is 3. The molecule has 11 nitrogen and oxygen atoms in total. The predicted octanol–water partition coefficient (Wildman–Crippen LogP) is 6.08. The molecule has 2 N–H and O–H groups in total. The lowest BCUT2D eigenvalue weighted by atomic mass is 10.0. The van der Waals surface area contributed by atoms with E-state index in [1.165, 1.54) is 35.1 Å². The van der Waals surface area contributed by atoms with Gasteiger partial charge in [0.2, 0.25) is 0 Å². The number of nitrogens with zero attached hydrogens (tertiary/aromatic N) is 3. The van der Waals surface area contributed by atoms with Gasteiger partial charge in [-0.1, -0.05) is 18.2 Å². The van der Waals surface area contributed by atoms with Crippen molar-refractivity contribution >= 4 is 29.7 Å². The highest BCUT2D eigenvalue weighted by molar-refractivity contribution is 5.90. The van der Waals surface area contributed by atoms with Gasteiger partial charge in [-0.2, -0.15) is 13.2 Å². The fourth-order valence-corrected chi connectivity index (χ4v) is 5.00. The highest BCUT2D eigenvalue weighted by Gasteiger charge is 2.47. The van der Waals surface area contributed by atoms with Gasteiger partial charge in [0.15, 0.2) is 0 Å². The van der Waals surface area contributed by atoms with Gasteiger partial charge in [-0.25, -0.2) is 19.4 Å². The highest BCUT2D eigenvalue weighted by Crippen LogP contribution is 2.40. The number of esters is 1. The number of pyridine rings is 1. The number of benzene rings is 1. The average molecular weight is 652 g/mol. The number of amides is 2. The van der Waals surface area contributed by atoms with Crippen LogP contribution in [0, 0.1) is 0 Å². The van der Waals surface area contributed by atoms with E-state index in [1.54, 1.807) is 60.7 Å². The van der Waals surface area contributed by atoms with Crippen LogP contribution in [-0.4, -0.2) is 85.1 Å². The molecule has 0 aliphatic carbocycles. The summed E-state index contributed by atoms with van der Waals surface area (Å²) in [6.07, 6.45) is -5.68. The zero-order valence-electron chi connectivity index (χ0n) is 27.6. The summed E-state index contributed by atoms with van der Waals surface area (Å²) in [5, 5.41) is 5.89. The molecule has 2 unspecified atom stereocenters. The average Bonchev–Trinajstić information content (AvgIpc) is 3.38. The second kappa shape index (κ2) is 14.6. The van der Waals surface area contributed by atoms with Gasteiger partial charge in [-0.05, 0) is 79.8 Å². The van der Waals surface area contributed by atoms with E-state index >= 15 is 0 Å². The monoisotopic (exact) mass is 651 g/mol. The molecule has 14 heteroatoms. The van der Waals surface area contributed by atoms with E-state index in [4.69, 9.17) is 14.2 Å². The number of alkyl halides is 3. The zero-order chi connectivity index (χ0) is 34.4. The summed E-state index contributed by atoms with van der Waals surface area (Å²) in [5.41, 5.74) is -2.43. The molecule has 254 valence electrons. The van der Waals surface area contributed by atoms with Crippen molar-refractivity contribution in [3.8, 4) is 11.3 Å². The number of halogens is 3. The molecule has 2 atom stereocenters. The number of hydrogen-bond acceptors (Lipinski definition) is 9. The van der Waals surface area contributed by atoms with Crippen molar-refractivity contribution in [3.63, 3.8) is 0 Å². The van der Waals surface area contributed by atoms with Gasteiger partial charge in [0, 0.05) is 25.1 Å². The molecule has 1 aliphatic rings. The Hall–Kier alpha value is -4.07. The van der Waals surface area contributed by atoms with E-state index in [-0.39, 0.29) is 42.3 Å². The Kier molecular flexibility index (Phi) is 11.5. The number of ether oxygens (including phenoxy) is 3. The third-order valence-corrected chi connectivity index (χ3v) is 6.87. The topological polar surface area (TPSA) is 122 Å². The molecule has 0 radical (unpaired) electrons. The Morgan fingerprint density at radius 2 is 1.63 bits per heavy atom. The van der Waals surface area contributed by atoms with E-state index in [0.717, 1.165) is 6.07 Å². The Balaban J connectivity index is 2.12. The van der Waals surface area contributed by atoms with Crippen LogP contribution in [0.1, 0.15) is 59.9 Å². The van der Waals surface area contributed by atoms with Gasteiger partial charge >= 0.3 is 24.3 Å². The lowest BCUT2D eigenvalue weighted by Crippen LogP contribution is -2.46. The molecule has 0 bridgehead atoms. The van der Waals surface area contributed by atoms with Crippen LogP contribution in [-0.2, 0) is 25.2 Å². The van der Waals surface area contributed by atoms with Crippen LogP contribution < -0.4 is 15.5 Å². The number of likely N-dealkylation sites (tertiary alicyclic amines) is 1. The molecule has 1 aliphatic heterocycles. The third kappa shape index (κ3) is 9.47. The molecule has 3 rings (SSSR count). The Labute approximate surface area is 267 Å². The number of nitrogens with one attached hydrogen (secondary N) is 2. The summed E-state index contributed by atoms with van der Waals surface area (Å²) < 4.78 is 58.5. The number of rotatable bonds is 9. The standard InChI is InChI=1S/C32H44F3N5O6/c1-30(2,3)45-28(42)39-19-20(18-24(39)27(41)44-8)40(29(43)46-31(4,5)6)25-15-10-14-23(38-25)21-12-9-13-22(32(33,34)35)26(21)37-17-11-16-36-7/h9-10,12-15,20,24,36-37H,11,16-19H2,1-8H3. The summed E-state index contributed by atoms with van der Waals surface area (Å²) in [6, 6.07) is 6.55. The molecule has 1 saturated heterocycles. The van der Waals surface area contributed by atoms with E-state index in [9.17, 15) is 27.6 Å². The highest BCUT2D eigenvalue weighted by atomic mass is 19.4. The minimum absolute atomic E-state index is 0.0289. The summed E-state index contributed by atoms with van der Waals surface area (Å²) >= 11 is 0. The van der Waals surface area contributed by atoms with E-state index in [0.29, 0.717) is 13.0 Å². The fraction of sp³-hybridized carbons (Fsp3) is 0.562. The van der Waals surface area contributed by atoms with E-state index in [2.05, 4.69) is 15.6 Å². The SMILES string of the molecule is CNCCCNc1c(-c2cccc(N(C(=O)OC(C)(C)C)C3CC(C(=O)OC)N(C(=O)OC(C)(C)C)C3)n2)cccc1C(F)(F)F. The molecule has 1 fully saturated rings. The second-order valence-corrected chi connectivity index (χ2v) is 12.9. The minimum atomic E-state index is -4.64. The van der Waals surface area contributed by atoms with Crippen LogP contribution in [0.2, 0.25) is 0 Å². The number of hydrogen-bond donors (Lipinski definition) is 2. The van der Waals surface area contributed by atoms with Gasteiger partial charge in [0.05, 0.1) is 30.1 Å². The maximum absolute atomic E-state index is 14.1. The van der Waals surface area contributed by atoms with Gasteiger partial charge in [0.1, 0.15) is 23.1 Å². The molecule has 1 aromatic heterocycles. The number of para-hydroxylation sites is 1. The van der Waals surface area contributed by atoms with Gasteiger partial charge in [0.25, 0.3) is 0 Å². The third-order valence-electron chi connectivity index (χ3n) is 6.87. The van der Waals surface area contributed by atoms with Crippen molar-refractivity contribution in [2.75, 3.05) is 44.0 Å². The summed E-state index contributed by atoms with van der Waals surface area (Å²) in [5.74, 6) is -0.637. The van der Waals surface area contributed by atoms with E-state index < -0.39 is 53.2 Å². The van der Waals surface area contributed by atoms with Crippen molar-refractivity contribution in [2.24, 2.45) is 0 Å². The lowest BCUT2D eigenvalue weighted by Gasteiger charge is -2.31. The van der Waals surface area contributed by atoms with Crippen LogP contribution in [0.3, 0.4) is 0 Å². The Morgan fingerprint density at radius 3 is 2.22 bits per heavy atom. The first-order chi connectivity index (χ1) is 21.4. The number of methoxy groups -OCH3 is 1. The summed E-state index contributed by atoms with van der Waals surface area (Å²) in [7, 11) is 2.95. The van der Waals surface area contributed by atoms with Crippen LogP contribution in [0.5, 0.6) is 0 Å². The number of aromatic nitrogens is 1. The Morgan fingerprint density at radius 1 is 0.978 bits per heavy atom. The molecule has 2 aromatic rings. The zero-order valence-corrected chi connectivity index (χ0v) is 27.6. The molecule has 1 aromatic carbocycles. The van der Waals surface area contributed by atoms with Gasteiger partial charge < -0.3 is 24.8 Å². The summed E-state index contributed by atoms with van der Waals surface area (Å²) in [6.45, 7) is 10.8. The van der Waals surface area contributed by atoms with Gasteiger partial charge in [-0.3, -0.25) is 9.80 Å². The molecule has 2 amide bonds. The van der Waals surface area contributed by atoms with Crippen molar-refractivity contribution in [1.82, 2.24) is 15.2 Å². The van der Waals surface area contributed by atoms with Crippen molar-refractivity contribution < 1.29 is 41.8 Å². The Bertz CT molecular complexity index is 1390. The van der Waals surface area contributed by atoms with Crippen molar-refractivity contribution in [3.05, 3.63) is 42.0 Å². The maximum atomic E-state index is 14.1. The fourth-order valence-electron chi connectivity index (χ4n) is 5.00. The first-order valence-corrected chi connectivity index (χ1v) is 15.0. The number of carbonyl (C=O) groups excluding carboxylic acids is 3. The normalized spacial score (nSPS) is 17.0. The molecular formula is C32H44F3N5O6. The minimum Gasteiger partial charge on any atom is -0.467 e. The lowest BCUT2D eigenvalue weighted by molar-refractivity contribution is -0.145. The second-order valence-electron chi connectivity index (χ2n) is 12.9. The quantitative estimate of drug-likeness (QED) is 0.189. The molecule has 2 heterocycles. The largest absolute Gasteiger partial charge is 0.467 e. The number of anilines is 2. The van der Waals surface area contributed by atoms with E-state index in [1.807, 2.05) is 0 Å². The van der Waals surface area contributed by atoms with Crippen molar-refractivity contribution in [1.29, 1.82) is 0 Å². The van der Waals surface area contributed by atoms with Crippen LogP contribution in [0.25, 0.3) is 11.3 Å². The smallest absolute Gasteiger partial charge is 0.418 e. The van der Waals surface area contributed by atoms with Crippen LogP contribution >= 0.6 is 0 Å². The molecule has 46 heavy (non-hydrogen) atoms. The van der Waals surface area contributed by atoms with Crippen LogP contribution in [0.4, 0.5) is 34.3 Å².